The van der Waals surface area contributed by atoms with Crippen molar-refractivity contribution in [1.82, 2.24) is 4.31 Å². The molecule has 0 aliphatic carbocycles. The number of piperidine rings is 1. The zero-order valence-electron chi connectivity index (χ0n) is 11.9. The van der Waals surface area contributed by atoms with Crippen LogP contribution in [0.2, 0.25) is 0 Å². The van der Waals surface area contributed by atoms with E-state index < -0.39 is 21.9 Å². The molecular formula is C14H19FN2O3S. The van der Waals surface area contributed by atoms with E-state index in [-0.39, 0.29) is 10.8 Å². The molecule has 1 aliphatic rings. The average molecular weight is 314 g/mol. The Bertz CT molecular complexity index is 601. The molecule has 2 rings (SSSR count). The lowest BCUT2D eigenvalue weighted by Gasteiger charge is -2.34. The van der Waals surface area contributed by atoms with Crippen molar-refractivity contribution < 1.29 is 17.5 Å². The van der Waals surface area contributed by atoms with Gasteiger partial charge in [-0.3, -0.25) is 5.41 Å². The summed E-state index contributed by atoms with van der Waals surface area (Å²) in [7, 11) is -3.75. The maximum atomic E-state index is 13.0. The van der Waals surface area contributed by atoms with Gasteiger partial charge in [0, 0.05) is 6.54 Å². The summed E-state index contributed by atoms with van der Waals surface area (Å²) in [5.41, 5.74) is 0. The third kappa shape index (κ3) is 3.41. The van der Waals surface area contributed by atoms with Gasteiger partial charge in [0.15, 0.2) is 5.90 Å². The van der Waals surface area contributed by atoms with Gasteiger partial charge in [-0.05, 0) is 44.0 Å². The molecule has 0 spiro atoms. The Kier molecular flexibility index (Phi) is 4.95. The first-order valence-corrected chi connectivity index (χ1v) is 8.39. The predicted octanol–water partition coefficient (Wildman–Crippen LogP) is 2.38. The molecule has 0 aromatic heterocycles. The minimum atomic E-state index is -3.75. The van der Waals surface area contributed by atoms with Gasteiger partial charge in [-0.2, -0.15) is 4.31 Å². The van der Waals surface area contributed by atoms with Gasteiger partial charge in [-0.25, -0.2) is 12.8 Å². The maximum Gasteiger partial charge on any atom is 0.243 e. The van der Waals surface area contributed by atoms with Crippen LogP contribution in [0.3, 0.4) is 0 Å². The number of ether oxygens (including phenoxy) is 1. The molecule has 1 fully saturated rings. The normalized spacial score (nSPS) is 20.2. The lowest BCUT2D eigenvalue weighted by Crippen LogP contribution is -2.48. The lowest BCUT2D eigenvalue weighted by atomic mass is 10.1. The van der Waals surface area contributed by atoms with Crippen LogP contribution in [0.25, 0.3) is 0 Å². The fourth-order valence-corrected chi connectivity index (χ4v) is 4.10. The lowest BCUT2D eigenvalue weighted by molar-refractivity contribution is 0.238. The van der Waals surface area contributed by atoms with Gasteiger partial charge in [0.05, 0.1) is 11.5 Å². The van der Waals surface area contributed by atoms with Gasteiger partial charge in [0.25, 0.3) is 0 Å². The molecule has 1 aromatic carbocycles. The Morgan fingerprint density at radius 2 is 2.05 bits per heavy atom. The summed E-state index contributed by atoms with van der Waals surface area (Å²) in [4.78, 5) is 0.0418. The zero-order valence-corrected chi connectivity index (χ0v) is 12.7. The van der Waals surface area contributed by atoms with E-state index in [9.17, 15) is 12.8 Å². The summed E-state index contributed by atoms with van der Waals surface area (Å²) in [6, 6.07) is 4.18. The number of rotatable bonds is 4. The molecule has 5 nitrogen and oxygen atoms in total. The molecule has 21 heavy (non-hydrogen) atoms. The van der Waals surface area contributed by atoms with Crippen molar-refractivity contribution in [3.8, 4) is 0 Å². The second-order valence-corrected chi connectivity index (χ2v) is 6.77. The van der Waals surface area contributed by atoms with E-state index in [2.05, 4.69) is 0 Å². The Morgan fingerprint density at radius 3 is 2.67 bits per heavy atom. The first-order valence-electron chi connectivity index (χ1n) is 6.95. The van der Waals surface area contributed by atoms with Crippen LogP contribution in [0.4, 0.5) is 4.39 Å². The Hall–Kier alpha value is -1.47. The topological polar surface area (TPSA) is 70.5 Å². The summed E-state index contributed by atoms with van der Waals surface area (Å²) < 4.78 is 44.8. The van der Waals surface area contributed by atoms with Crippen molar-refractivity contribution in [3.05, 3.63) is 30.1 Å². The van der Waals surface area contributed by atoms with E-state index in [1.165, 1.54) is 16.4 Å². The van der Waals surface area contributed by atoms with E-state index in [0.717, 1.165) is 25.0 Å². The fourth-order valence-electron chi connectivity index (χ4n) is 2.45. The summed E-state index contributed by atoms with van der Waals surface area (Å²) in [5.74, 6) is -0.505. The van der Waals surface area contributed by atoms with Gasteiger partial charge < -0.3 is 4.74 Å². The van der Waals surface area contributed by atoms with Crippen molar-refractivity contribution in [2.24, 2.45) is 0 Å². The smallest absolute Gasteiger partial charge is 0.243 e. The highest BCUT2D eigenvalue weighted by atomic mass is 32.2. The third-order valence-electron chi connectivity index (χ3n) is 3.48. The van der Waals surface area contributed by atoms with Crippen molar-refractivity contribution >= 4 is 15.9 Å². The molecule has 0 radical (unpaired) electrons. The molecule has 0 bridgehead atoms. The van der Waals surface area contributed by atoms with Crippen LogP contribution in [-0.4, -0.2) is 37.8 Å². The molecule has 7 heteroatoms. The third-order valence-corrected chi connectivity index (χ3v) is 5.40. The second kappa shape index (κ2) is 6.53. The van der Waals surface area contributed by atoms with Gasteiger partial charge in [-0.1, -0.05) is 6.42 Å². The van der Waals surface area contributed by atoms with Crippen molar-refractivity contribution in [2.45, 2.75) is 37.1 Å². The number of hydrogen-bond donors (Lipinski definition) is 1. The Balaban J connectivity index is 2.31. The monoisotopic (exact) mass is 314 g/mol. The van der Waals surface area contributed by atoms with Crippen molar-refractivity contribution in [2.75, 3.05) is 13.2 Å². The standard InChI is InChI=1S/C14H19FN2O3S/c1-2-20-14(16)13-5-3-4-10-17(13)21(18,19)12-8-6-11(15)7-9-12/h6-9,13,16H,2-5,10H2,1H3/t13-/m0/s1. The molecule has 0 unspecified atom stereocenters. The van der Waals surface area contributed by atoms with Crippen molar-refractivity contribution in [3.63, 3.8) is 0 Å². The first kappa shape index (κ1) is 15.9. The highest BCUT2D eigenvalue weighted by molar-refractivity contribution is 7.89. The van der Waals surface area contributed by atoms with Crippen LogP contribution >= 0.6 is 0 Å². The van der Waals surface area contributed by atoms with Crippen LogP contribution < -0.4 is 0 Å². The fraction of sp³-hybridized carbons (Fsp3) is 0.500. The molecule has 0 saturated carbocycles. The molecule has 0 amide bonds. The SMILES string of the molecule is CCOC(=N)[C@@H]1CCCCN1S(=O)(=O)c1ccc(F)cc1. The molecule has 1 aromatic rings. The molecule has 1 atom stereocenters. The van der Waals surface area contributed by atoms with E-state index in [1.54, 1.807) is 6.92 Å². The van der Waals surface area contributed by atoms with Crippen LogP contribution in [-0.2, 0) is 14.8 Å². The first-order chi connectivity index (χ1) is 9.96. The van der Waals surface area contributed by atoms with Crippen molar-refractivity contribution in [1.29, 1.82) is 5.41 Å². The van der Waals surface area contributed by atoms with Crippen LogP contribution in [0, 0.1) is 11.2 Å². The minimum Gasteiger partial charge on any atom is -0.480 e. The summed E-state index contributed by atoms with van der Waals surface area (Å²) in [5, 5.41) is 7.90. The van der Waals surface area contributed by atoms with Gasteiger partial charge in [0.2, 0.25) is 10.0 Å². The number of hydrogen-bond acceptors (Lipinski definition) is 4. The minimum absolute atomic E-state index is 0.0251. The second-order valence-electron chi connectivity index (χ2n) is 4.88. The van der Waals surface area contributed by atoms with Crippen LogP contribution in [0.5, 0.6) is 0 Å². The number of nitrogens with one attached hydrogen (secondary N) is 1. The highest BCUT2D eigenvalue weighted by Crippen LogP contribution is 2.26. The van der Waals surface area contributed by atoms with Gasteiger partial charge in [0.1, 0.15) is 11.9 Å². The summed E-state index contributed by atoms with van der Waals surface area (Å²) in [6.45, 7) is 2.44. The molecule has 1 N–H and O–H groups in total. The molecular weight excluding hydrogens is 295 g/mol. The molecule has 1 aliphatic heterocycles. The van der Waals surface area contributed by atoms with E-state index in [1.807, 2.05) is 0 Å². The zero-order chi connectivity index (χ0) is 15.5. The largest absolute Gasteiger partial charge is 0.480 e. The highest BCUT2D eigenvalue weighted by Gasteiger charge is 2.36. The quantitative estimate of drug-likeness (QED) is 0.685. The van der Waals surface area contributed by atoms with Gasteiger partial charge >= 0.3 is 0 Å². The van der Waals surface area contributed by atoms with E-state index in [0.29, 0.717) is 19.6 Å². The number of halogens is 1. The molecule has 116 valence electrons. The predicted molar refractivity (Wildman–Crippen MR) is 77.3 cm³/mol. The molecule has 1 saturated heterocycles. The van der Waals surface area contributed by atoms with E-state index in [4.69, 9.17) is 10.1 Å². The number of sulfonamides is 1. The maximum absolute atomic E-state index is 13.0. The van der Waals surface area contributed by atoms with E-state index >= 15 is 0 Å². The summed E-state index contributed by atoms with van der Waals surface area (Å²) >= 11 is 0. The number of benzene rings is 1. The average Bonchev–Trinajstić information content (AvgIpc) is 2.48. The Morgan fingerprint density at radius 1 is 1.38 bits per heavy atom. The Labute approximate surface area is 124 Å². The molecule has 1 heterocycles. The van der Waals surface area contributed by atoms with Gasteiger partial charge in [-0.15, -0.1) is 0 Å². The summed E-state index contributed by atoms with van der Waals surface area (Å²) in [6.07, 6.45) is 2.17. The van der Waals surface area contributed by atoms with Crippen LogP contribution in [0.15, 0.2) is 29.2 Å². The number of nitrogens with zero attached hydrogens (tertiary/aromatic N) is 1. The van der Waals surface area contributed by atoms with Crippen LogP contribution in [0.1, 0.15) is 26.2 Å².